The highest BCUT2D eigenvalue weighted by atomic mass is 19.4. The van der Waals surface area contributed by atoms with Crippen molar-refractivity contribution in [3.63, 3.8) is 0 Å². The number of hydrogen-bond acceptors (Lipinski definition) is 5. The fraction of sp³-hybridized carbons (Fsp3) is 0.529. The Balaban J connectivity index is 1.99. The molecule has 2 aromatic heterocycles. The van der Waals surface area contributed by atoms with Crippen LogP contribution in [0.2, 0.25) is 0 Å². The van der Waals surface area contributed by atoms with Gasteiger partial charge in [0.2, 0.25) is 5.95 Å². The lowest BCUT2D eigenvalue weighted by atomic mass is 9.97. The van der Waals surface area contributed by atoms with Gasteiger partial charge in [-0.05, 0) is 32.8 Å². The van der Waals surface area contributed by atoms with E-state index < -0.39 is 23.8 Å². The number of carboxylic acid groups (broad SMARTS) is 1. The van der Waals surface area contributed by atoms with Gasteiger partial charge in [0.25, 0.3) is 0 Å². The Bertz CT molecular complexity index is 842. The zero-order valence-electron chi connectivity index (χ0n) is 15.0. The molecule has 0 bridgehead atoms. The minimum absolute atomic E-state index is 0.0349. The molecule has 1 aliphatic heterocycles. The van der Waals surface area contributed by atoms with Crippen molar-refractivity contribution in [1.82, 2.24) is 19.7 Å². The number of aromatic nitrogens is 4. The molecule has 3 heterocycles. The Labute approximate surface area is 153 Å². The summed E-state index contributed by atoms with van der Waals surface area (Å²) in [5, 5.41) is 13.4. The van der Waals surface area contributed by atoms with Crippen molar-refractivity contribution in [3.05, 3.63) is 23.7 Å². The number of anilines is 1. The molecular formula is C17H20F3N5O2. The van der Waals surface area contributed by atoms with Gasteiger partial charge in [0, 0.05) is 31.4 Å². The number of aryl methyl sites for hydroxylation is 2. The number of aliphatic carboxylic acids is 1. The van der Waals surface area contributed by atoms with Gasteiger partial charge in [0.1, 0.15) is 0 Å². The summed E-state index contributed by atoms with van der Waals surface area (Å²) >= 11 is 0. The van der Waals surface area contributed by atoms with Crippen LogP contribution >= 0.6 is 0 Å². The third-order valence-electron chi connectivity index (χ3n) is 4.68. The monoisotopic (exact) mass is 383 g/mol. The number of hydrogen-bond donors (Lipinski definition) is 1. The zero-order chi connectivity index (χ0) is 19.8. The number of alkyl halides is 3. The minimum atomic E-state index is -4.61. The van der Waals surface area contributed by atoms with Gasteiger partial charge in [-0.25, -0.2) is 9.97 Å². The zero-order valence-corrected chi connectivity index (χ0v) is 15.0. The second kappa shape index (κ2) is 7.16. The van der Waals surface area contributed by atoms with E-state index in [1.54, 1.807) is 22.7 Å². The largest absolute Gasteiger partial charge is 0.481 e. The summed E-state index contributed by atoms with van der Waals surface area (Å²) in [5.74, 6) is -1.41. The molecule has 27 heavy (non-hydrogen) atoms. The van der Waals surface area contributed by atoms with Crippen LogP contribution in [0.25, 0.3) is 11.3 Å². The highest BCUT2D eigenvalue weighted by Gasteiger charge is 2.35. The average molecular weight is 383 g/mol. The molecule has 10 heteroatoms. The van der Waals surface area contributed by atoms with Gasteiger partial charge in [0.15, 0.2) is 5.69 Å². The Hall–Kier alpha value is -2.65. The van der Waals surface area contributed by atoms with E-state index in [2.05, 4.69) is 15.1 Å². The van der Waals surface area contributed by atoms with Crippen LogP contribution in [0.4, 0.5) is 19.1 Å². The van der Waals surface area contributed by atoms with E-state index in [0.29, 0.717) is 43.7 Å². The number of rotatable bonds is 4. The van der Waals surface area contributed by atoms with Gasteiger partial charge >= 0.3 is 12.1 Å². The molecule has 1 N–H and O–H groups in total. The molecule has 0 atom stereocenters. The van der Waals surface area contributed by atoms with Crippen molar-refractivity contribution >= 4 is 11.9 Å². The normalized spacial score (nSPS) is 16.0. The van der Waals surface area contributed by atoms with Crippen molar-refractivity contribution < 1.29 is 23.1 Å². The summed E-state index contributed by atoms with van der Waals surface area (Å²) in [7, 11) is 0. The van der Waals surface area contributed by atoms with Crippen molar-refractivity contribution in [2.75, 3.05) is 18.0 Å². The van der Waals surface area contributed by atoms with Crippen molar-refractivity contribution in [3.8, 4) is 11.3 Å². The van der Waals surface area contributed by atoms with Crippen LogP contribution in [0.1, 0.15) is 31.2 Å². The van der Waals surface area contributed by atoms with Crippen LogP contribution < -0.4 is 4.90 Å². The number of piperidine rings is 1. The second-order valence-electron chi connectivity index (χ2n) is 6.52. The highest BCUT2D eigenvalue weighted by Crippen LogP contribution is 2.33. The summed E-state index contributed by atoms with van der Waals surface area (Å²) in [4.78, 5) is 20.7. The molecule has 0 unspecified atom stereocenters. The molecule has 1 aliphatic rings. The number of carbonyl (C=O) groups is 1. The van der Waals surface area contributed by atoms with Crippen LogP contribution in [0, 0.1) is 12.8 Å². The van der Waals surface area contributed by atoms with Crippen molar-refractivity contribution in [2.24, 2.45) is 5.92 Å². The summed E-state index contributed by atoms with van der Waals surface area (Å²) in [6.07, 6.45) is -2.26. The van der Waals surface area contributed by atoms with Crippen LogP contribution in [-0.4, -0.2) is 43.9 Å². The van der Waals surface area contributed by atoms with E-state index in [9.17, 15) is 18.0 Å². The van der Waals surface area contributed by atoms with Gasteiger partial charge in [-0.1, -0.05) is 0 Å². The van der Waals surface area contributed by atoms with Crippen molar-refractivity contribution in [2.45, 2.75) is 39.4 Å². The predicted octanol–water partition coefficient (Wildman–Crippen LogP) is 2.99. The van der Waals surface area contributed by atoms with Gasteiger partial charge in [-0.15, -0.1) is 0 Å². The maximum atomic E-state index is 13.4. The van der Waals surface area contributed by atoms with E-state index in [0.717, 1.165) is 6.07 Å². The molecule has 0 saturated carbocycles. The molecule has 0 amide bonds. The summed E-state index contributed by atoms with van der Waals surface area (Å²) in [6.45, 7) is 4.79. The number of carboxylic acids is 1. The van der Waals surface area contributed by atoms with E-state index in [1.165, 1.54) is 0 Å². The lowest BCUT2D eigenvalue weighted by Crippen LogP contribution is -2.37. The lowest BCUT2D eigenvalue weighted by Gasteiger charge is -2.30. The van der Waals surface area contributed by atoms with Crippen LogP contribution in [0.15, 0.2) is 12.3 Å². The molecule has 0 radical (unpaired) electrons. The molecule has 7 nitrogen and oxygen atoms in total. The van der Waals surface area contributed by atoms with E-state index in [1.807, 2.05) is 6.92 Å². The third kappa shape index (κ3) is 4.04. The van der Waals surface area contributed by atoms with Gasteiger partial charge < -0.3 is 10.0 Å². The van der Waals surface area contributed by atoms with E-state index in [-0.39, 0.29) is 11.6 Å². The van der Waals surface area contributed by atoms with Crippen LogP contribution in [0.3, 0.4) is 0 Å². The first-order valence-corrected chi connectivity index (χ1v) is 8.67. The fourth-order valence-corrected chi connectivity index (χ4v) is 3.12. The smallest absolute Gasteiger partial charge is 0.433 e. The summed E-state index contributed by atoms with van der Waals surface area (Å²) in [5.41, 5.74) is 0.238. The van der Waals surface area contributed by atoms with Gasteiger partial charge in [-0.2, -0.15) is 18.3 Å². The molecule has 0 aliphatic carbocycles. The van der Waals surface area contributed by atoms with Crippen LogP contribution in [0.5, 0.6) is 0 Å². The maximum Gasteiger partial charge on any atom is 0.433 e. The molecule has 0 spiro atoms. The first-order chi connectivity index (χ1) is 12.7. The molecular weight excluding hydrogens is 363 g/mol. The Kier molecular flexibility index (Phi) is 5.07. The first kappa shape index (κ1) is 19.1. The quantitative estimate of drug-likeness (QED) is 0.874. The minimum Gasteiger partial charge on any atom is -0.481 e. The maximum absolute atomic E-state index is 13.4. The van der Waals surface area contributed by atoms with Gasteiger partial charge in [0.05, 0.1) is 17.3 Å². The fourth-order valence-electron chi connectivity index (χ4n) is 3.12. The lowest BCUT2D eigenvalue weighted by molar-refractivity contribution is -0.142. The predicted molar refractivity (Wildman–Crippen MR) is 91.2 cm³/mol. The summed E-state index contributed by atoms with van der Waals surface area (Å²) in [6, 6.07) is 0.928. The first-order valence-electron chi connectivity index (χ1n) is 8.67. The summed E-state index contributed by atoms with van der Waals surface area (Å²) < 4.78 is 41.7. The molecule has 3 rings (SSSR count). The van der Waals surface area contributed by atoms with E-state index in [4.69, 9.17) is 5.11 Å². The standard InChI is InChI=1S/C17H20F3N5O2/c1-3-25-9-12(10(2)23-25)13-8-14(17(18,19)20)22-16(21-13)24-6-4-11(5-7-24)15(26)27/h8-9,11H,3-7H2,1-2H3,(H,26,27). The molecule has 0 aromatic carbocycles. The topological polar surface area (TPSA) is 84.1 Å². The van der Waals surface area contributed by atoms with Crippen molar-refractivity contribution in [1.29, 1.82) is 0 Å². The highest BCUT2D eigenvalue weighted by molar-refractivity contribution is 5.70. The number of halogens is 3. The molecule has 1 fully saturated rings. The van der Waals surface area contributed by atoms with Crippen LogP contribution in [-0.2, 0) is 17.5 Å². The Morgan fingerprint density at radius 3 is 2.48 bits per heavy atom. The Morgan fingerprint density at radius 1 is 1.30 bits per heavy atom. The average Bonchev–Trinajstić information content (AvgIpc) is 3.01. The number of nitrogens with zero attached hydrogens (tertiary/aromatic N) is 5. The Morgan fingerprint density at radius 2 is 1.96 bits per heavy atom. The van der Waals surface area contributed by atoms with E-state index >= 15 is 0 Å². The molecule has 146 valence electrons. The second-order valence-corrected chi connectivity index (χ2v) is 6.52. The molecule has 1 saturated heterocycles. The van der Waals surface area contributed by atoms with Gasteiger partial charge in [-0.3, -0.25) is 9.48 Å². The SMILES string of the molecule is CCn1cc(-c2cc(C(F)(F)F)nc(N3CCC(C(=O)O)CC3)n2)c(C)n1. The molecule has 2 aromatic rings. The third-order valence-corrected chi connectivity index (χ3v) is 4.68.